The fraction of sp³-hybridized carbons (Fsp3) is 0.306. The summed E-state index contributed by atoms with van der Waals surface area (Å²) in [5.74, 6) is 1.11. The highest BCUT2D eigenvalue weighted by molar-refractivity contribution is 7.07. The van der Waals surface area contributed by atoms with Crippen LogP contribution < -0.4 is 29.1 Å². The average Bonchev–Trinajstić information content (AvgIpc) is 3.36. The first-order chi connectivity index (χ1) is 22.3. The maximum absolute atomic E-state index is 14.2. The number of allylic oxidation sites excluding steroid dienone is 1. The second kappa shape index (κ2) is 15.1. The van der Waals surface area contributed by atoms with Crippen LogP contribution in [0.25, 0.3) is 6.08 Å². The van der Waals surface area contributed by atoms with Crippen LogP contribution in [0.2, 0.25) is 0 Å². The molecule has 0 fully saturated rings. The van der Waals surface area contributed by atoms with Gasteiger partial charge in [-0.3, -0.25) is 9.36 Å². The van der Waals surface area contributed by atoms with Crippen LogP contribution in [0.5, 0.6) is 17.2 Å². The van der Waals surface area contributed by atoms with Crippen molar-refractivity contribution in [3.8, 4) is 17.2 Å². The van der Waals surface area contributed by atoms with E-state index >= 15 is 0 Å². The molecule has 0 radical (unpaired) electrons. The number of aromatic nitrogens is 1. The molecular formula is C36H38N2O7S. The van der Waals surface area contributed by atoms with Crippen LogP contribution >= 0.6 is 11.3 Å². The number of esters is 1. The molecule has 9 nitrogen and oxygen atoms in total. The highest BCUT2D eigenvalue weighted by Gasteiger charge is 2.36. The first kappa shape index (κ1) is 32.7. The maximum atomic E-state index is 14.2. The summed E-state index contributed by atoms with van der Waals surface area (Å²) < 4.78 is 30.4. The molecule has 240 valence electrons. The minimum absolute atomic E-state index is 0.0608. The summed E-state index contributed by atoms with van der Waals surface area (Å²) in [5.41, 5.74) is 4.13. The van der Waals surface area contributed by atoms with Crippen molar-refractivity contribution >= 4 is 23.4 Å². The van der Waals surface area contributed by atoms with Crippen LogP contribution in [0, 0.1) is 6.92 Å². The number of benzene rings is 3. The van der Waals surface area contributed by atoms with Gasteiger partial charge >= 0.3 is 5.97 Å². The first-order valence-corrected chi connectivity index (χ1v) is 15.9. The van der Waals surface area contributed by atoms with Gasteiger partial charge in [0.05, 0.1) is 36.1 Å². The molecule has 0 aliphatic carbocycles. The third-order valence-corrected chi connectivity index (χ3v) is 8.39. The van der Waals surface area contributed by atoms with Crippen molar-refractivity contribution in [2.75, 3.05) is 34.0 Å². The summed E-state index contributed by atoms with van der Waals surface area (Å²) >= 11 is 1.26. The van der Waals surface area contributed by atoms with Crippen molar-refractivity contribution in [3.05, 3.63) is 120 Å². The van der Waals surface area contributed by atoms with Crippen LogP contribution in [0.1, 0.15) is 48.6 Å². The lowest BCUT2D eigenvalue weighted by Crippen LogP contribution is -2.40. The van der Waals surface area contributed by atoms with Gasteiger partial charge in [-0.2, -0.15) is 0 Å². The number of carbonyl (C=O) groups is 1. The van der Waals surface area contributed by atoms with Gasteiger partial charge in [-0.1, -0.05) is 72.4 Å². The smallest absolute Gasteiger partial charge is 0.338 e. The van der Waals surface area contributed by atoms with Crippen LogP contribution in [-0.4, -0.2) is 44.6 Å². The molecule has 1 aliphatic heterocycles. The molecule has 0 N–H and O–H groups in total. The molecule has 4 aromatic rings. The van der Waals surface area contributed by atoms with Gasteiger partial charge in [-0.25, -0.2) is 9.79 Å². The number of hydrogen-bond acceptors (Lipinski definition) is 9. The maximum Gasteiger partial charge on any atom is 0.338 e. The van der Waals surface area contributed by atoms with Crippen molar-refractivity contribution in [1.82, 2.24) is 4.57 Å². The number of methoxy groups -OCH3 is 2. The normalized spacial score (nSPS) is 14.5. The summed E-state index contributed by atoms with van der Waals surface area (Å²) in [6.45, 7) is 6.99. The van der Waals surface area contributed by atoms with E-state index in [9.17, 15) is 9.59 Å². The Morgan fingerprint density at radius 1 is 0.978 bits per heavy atom. The zero-order chi connectivity index (χ0) is 32.6. The Morgan fingerprint density at radius 3 is 2.48 bits per heavy atom. The van der Waals surface area contributed by atoms with Gasteiger partial charge in [0.2, 0.25) is 0 Å². The van der Waals surface area contributed by atoms with Crippen LogP contribution in [0.15, 0.2) is 87.8 Å². The molecular weight excluding hydrogens is 604 g/mol. The number of thiazole rings is 1. The highest BCUT2D eigenvalue weighted by Crippen LogP contribution is 2.41. The number of para-hydroxylation sites is 1. The van der Waals surface area contributed by atoms with Crippen molar-refractivity contribution in [3.63, 3.8) is 0 Å². The monoisotopic (exact) mass is 642 g/mol. The first-order valence-electron chi connectivity index (χ1n) is 15.1. The quantitative estimate of drug-likeness (QED) is 0.148. The largest absolute Gasteiger partial charge is 0.493 e. The summed E-state index contributed by atoms with van der Waals surface area (Å²) in [7, 11) is 3.09. The van der Waals surface area contributed by atoms with Gasteiger partial charge < -0.3 is 23.7 Å². The summed E-state index contributed by atoms with van der Waals surface area (Å²) in [6, 6.07) is 20.4. The highest BCUT2D eigenvalue weighted by atomic mass is 32.1. The third-order valence-electron chi connectivity index (χ3n) is 7.40. The molecule has 1 atom stereocenters. The van der Waals surface area contributed by atoms with E-state index in [4.69, 9.17) is 28.7 Å². The van der Waals surface area contributed by atoms with Crippen molar-refractivity contribution in [1.29, 1.82) is 0 Å². The predicted octanol–water partition coefficient (Wildman–Crippen LogP) is 5.11. The van der Waals surface area contributed by atoms with Crippen LogP contribution in [0.4, 0.5) is 0 Å². The Balaban J connectivity index is 1.55. The minimum Gasteiger partial charge on any atom is -0.493 e. The fourth-order valence-electron chi connectivity index (χ4n) is 5.22. The van der Waals surface area contributed by atoms with Gasteiger partial charge in [0.15, 0.2) is 16.3 Å². The van der Waals surface area contributed by atoms with Gasteiger partial charge in [-0.05, 0) is 55.7 Å². The Hall–Kier alpha value is -4.67. The number of aryl methyl sites for hydroxylation is 1. The fourth-order valence-corrected chi connectivity index (χ4v) is 6.27. The number of fused-ring (bicyclic) bond motifs is 1. The molecule has 0 spiro atoms. The third kappa shape index (κ3) is 7.24. The summed E-state index contributed by atoms with van der Waals surface area (Å²) in [6.07, 6.45) is 2.58. The van der Waals surface area contributed by atoms with Gasteiger partial charge in [0, 0.05) is 12.7 Å². The second-order valence-corrected chi connectivity index (χ2v) is 11.8. The summed E-state index contributed by atoms with van der Waals surface area (Å²) in [4.78, 5) is 32.9. The van der Waals surface area contributed by atoms with E-state index in [0.717, 1.165) is 23.3 Å². The van der Waals surface area contributed by atoms with Crippen molar-refractivity contribution in [2.45, 2.75) is 39.8 Å². The zero-order valence-corrected chi connectivity index (χ0v) is 27.5. The number of nitrogens with zero attached hydrogens (tertiary/aromatic N) is 2. The van der Waals surface area contributed by atoms with Crippen LogP contribution in [-0.2, 0) is 20.9 Å². The number of rotatable bonds is 13. The molecule has 1 aromatic heterocycles. The Morgan fingerprint density at radius 2 is 1.76 bits per heavy atom. The Kier molecular flexibility index (Phi) is 10.7. The molecule has 2 heterocycles. The molecule has 0 amide bonds. The average molecular weight is 643 g/mol. The second-order valence-electron chi connectivity index (χ2n) is 10.8. The van der Waals surface area contributed by atoms with Gasteiger partial charge in [-0.15, -0.1) is 0 Å². The predicted molar refractivity (Wildman–Crippen MR) is 177 cm³/mol. The Bertz CT molecular complexity index is 1910. The molecule has 10 heteroatoms. The summed E-state index contributed by atoms with van der Waals surface area (Å²) in [5, 5.41) is 0. The molecule has 3 aromatic carbocycles. The van der Waals surface area contributed by atoms with E-state index in [-0.39, 0.29) is 24.3 Å². The van der Waals surface area contributed by atoms with Gasteiger partial charge in [0.25, 0.3) is 5.56 Å². The van der Waals surface area contributed by atoms with E-state index in [2.05, 4.69) is 19.1 Å². The lowest BCUT2D eigenvalue weighted by atomic mass is 9.94. The molecule has 0 saturated heterocycles. The van der Waals surface area contributed by atoms with E-state index in [1.807, 2.05) is 61.5 Å². The van der Waals surface area contributed by atoms with E-state index < -0.39 is 12.0 Å². The number of carbonyl (C=O) groups excluding carboxylic acids is 1. The van der Waals surface area contributed by atoms with E-state index in [1.54, 1.807) is 24.7 Å². The standard InChI is InChI=1S/C36H38N2O7S/c1-6-17-43-33-28(11-8-12-29(33)42-5)32-31(35(40)44-19-18-41-4)24(3)37-36-38(32)34(39)30(46-36)21-25-13-15-27(16-14-25)45-22-26-10-7-9-23(2)20-26/h7-16,20-21,32H,6,17-19,22H2,1-5H3/b30-21+/t32-/m0/s1. The molecule has 0 saturated carbocycles. The van der Waals surface area contributed by atoms with Crippen LogP contribution in [0.3, 0.4) is 0 Å². The van der Waals surface area contributed by atoms with Crippen molar-refractivity contribution in [2.24, 2.45) is 4.99 Å². The Labute approximate surface area is 272 Å². The lowest BCUT2D eigenvalue weighted by molar-refractivity contribution is -0.140. The molecule has 1 aliphatic rings. The van der Waals surface area contributed by atoms with Gasteiger partial charge in [0.1, 0.15) is 25.0 Å². The zero-order valence-electron chi connectivity index (χ0n) is 26.7. The topological polar surface area (TPSA) is 97.6 Å². The van der Waals surface area contributed by atoms with Crippen molar-refractivity contribution < 1.29 is 28.5 Å². The minimum atomic E-state index is -0.854. The number of ether oxygens (including phenoxy) is 5. The molecule has 5 rings (SSSR count). The molecule has 46 heavy (non-hydrogen) atoms. The molecule has 0 bridgehead atoms. The lowest BCUT2D eigenvalue weighted by Gasteiger charge is -2.27. The SMILES string of the molecule is CCCOc1c(OC)cccc1[C@H]1C(C(=O)OCCOC)=C(C)N=c2s/c(=C/c3ccc(OCc4cccc(C)c4)cc3)c(=O)n21. The number of hydrogen-bond donors (Lipinski definition) is 0. The van der Waals surface area contributed by atoms with E-state index in [0.29, 0.717) is 45.3 Å². The van der Waals surface area contributed by atoms with E-state index in [1.165, 1.54) is 24.0 Å². The molecule has 0 unspecified atom stereocenters.